The zero-order valence-electron chi connectivity index (χ0n) is 14.7. The Bertz CT molecular complexity index is 794. The van der Waals surface area contributed by atoms with Crippen LogP contribution in [0.5, 0.6) is 5.75 Å². The number of carbonyl (C=O) groups is 1. The van der Waals surface area contributed by atoms with Gasteiger partial charge in [-0.05, 0) is 36.5 Å². The Labute approximate surface area is 153 Å². The topological polar surface area (TPSA) is 66.9 Å². The molecule has 2 aliphatic rings. The van der Waals surface area contributed by atoms with Gasteiger partial charge in [0.2, 0.25) is 10.0 Å². The summed E-state index contributed by atoms with van der Waals surface area (Å²) in [6, 6.07) is 4.77. The summed E-state index contributed by atoms with van der Waals surface area (Å²) in [6.45, 7) is 5.55. The van der Waals surface area contributed by atoms with Gasteiger partial charge in [0, 0.05) is 18.1 Å². The van der Waals surface area contributed by atoms with E-state index in [0.717, 1.165) is 19.1 Å². The summed E-state index contributed by atoms with van der Waals surface area (Å²) in [7, 11) is -3.55. The molecule has 6 nitrogen and oxygen atoms in total. The minimum atomic E-state index is -3.55. The number of rotatable bonds is 2. The van der Waals surface area contributed by atoms with E-state index in [1.165, 1.54) is 4.31 Å². The van der Waals surface area contributed by atoms with Crippen LogP contribution in [0.1, 0.15) is 26.7 Å². The first-order chi connectivity index (χ1) is 11.6. The molecule has 8 heteroatoms. The SMILES string of the molecule is CC1(C)CCCN(C(=O)[C@@H]2CN(S(C)(=O)=O)c3cc(Cl)ccc3O2)C1. The molecule has 0 aromatic heterocycles. The Kier molecular flexibility index (Phi) is 4.66. The molecule has 0 N–H and O–H groups in total. The first-order valence-corrected chi connectivity index (χ1v) is 10.5. The van der Waals surface area contributed by atoms with Crippen LogP contribution >= 0.6 is 11.6 Å². The van der Waals surface area contributed by atoms with Gasteiger partial charge in [0.15, 0.2) is 6.10 Å². The highest BCUT2D eigenvalue weighted by atomic mass is 35.5. The molecular weight excluding hydrogens is 364 g/mol. The highest BCUT2D eigenvalue weighted by Gasteiger charge is 2.39. The normalized spacial score (nSPS) is 23.0. The fourth-order valence-corrected chi connectivity index (χ4v) is 4.55. The Morgan fingerprint density at radius 3 is 2.72 bits per heavy atom. The molecule has 0 saturated carbocycles. The lowest BCUT2D eigenvalue weighted by Crippen LogP contribution is -2.54. The Hall–Kier alpha value is -1.47. The minimum Gasteiger partial charge on any atom is -0.476 e. The highest BCUT2D eigenvalue weighted by molar-refractivity contribution is 7.92. The van der Waals surface area contributed by atoms with Crippen molar-refractivity contribution >= 4 is 33.2 Å². The smallest absolute Gasteiger partial charge is 0.265 e. The molecule has 1 aromatic carbocycles. The van der Waals surface area contributed by atoms with E-state index >= 15 is 0 Å². The van der Waals surface area contributed by atoms with E-state index in [1.807, 2.05) is 0 Å². The van der Waals surface area contributed by atoms with E-state index in [0.29, 0.717) is 29.5 Å². The van der Waals surface area contributed by atoms with Gasteiger partial charge in [-0.15, -0.1) is 0 Å². The fraction of sp³-hybridized carbons (Fsp3) is 0.588. The lowest BCUT2D eigenvalue weighted by molar-refractivity contribution is -0.141. The third-order valence-corrected chi connectivity index (χ3v) is 6.06. The molecule has 0 bridgehead atoms. The van der Waals surface area contributed by atoms with E-state index in [-0.39, 0.29) is 17.9 Å². The average Bonchev–Trinajstić information content (AvgIpc) is 2.51. The number of piperidine rings is 1. The molecule has 2 aliphatic heterocycles. The number of likely N-dealkylation sites (tertiary alicyclic amines) is 1. The van der Waals surface area contributed by atoms with Crippen molar-refractivity contribution in [1.29, 1.82) is 0 Å². The number of sulfonamides is 1. The third-order valence-electron chi connectivity index (χ3n) is 4.68. The maximum absolute atomic E-state index is 12.9. The number of nitrogens with zero attached hydrogens (tertiary/aromatic N) is 2. The van der Waals surface area contributed by atoms with Crippen LogP contribution in [0.25, 0.3) is 0 Å². The fourth-order valence-electron chi connectivity index (χ4n) is 3.48. The molecule has 2 heterocycles. The number of anilines is 1. The summed E-state index contributed by atoms with van der Waals surface area (Å²) in [5.41, 5.74) is 0.433. The zero-order valence-corrected chi connectivity index (χ0v) is 16.2. The maximum atomic E-state index is 12.9. The number of hydrogen-bond donors (Lipinski definition) is 0. The lowest BCUT2D eigenvalue weighted by atomic mass is 9.84. The number of halogens is 1. The van der Waals surface area contributed by atoms with Crippen molar-refractivity contribution in [2.24, 2.45) is 5.41 Å². The second kappa shape index (κ2) is 6.36. The molecule has 1 atom stereocenters. The molecule has 0 radical (unpaired) electrons. The molecule has 0 spiro atoms. The molecule has 1 fully saturated rings. The van der Waals surface area contributed by atoms with Crippen molar-refractivity contribution in [1.82, 2.24) is 4.90 Å². The van der Waals surface area contributed by atoms with Gasteiger partial charge in [0.25, 0.3) is 5.91 Å². The van der Waals surface area contributed by atoms with Crippen molar-refractivity contribution in [2.45, 2.75) is 32.8 Å². The van der Waals surface area contributed by atoms with E-state index in [1.54, 1.807) is 23.1 Å². The number of benzene rings is 1. The molecule has 1 aromatic rings. The van der Waals surface area contributed by atoms with Crippen LogP contribution in [0.2, 0.25) is 5.02 Å². The van der Waals surface area contributed by atoms with Crippen molar-refractivity contribution in [3.63, 3.8) is 0 Å². The first-order valence-electron chi connectivity index (χ1n) is 8.30. The highest BCUT2D eigenvalue weighted by Crippen LogP contribution is 2.38. The average molecular weight is 387 g/mol. The Morgan fingerprint density at radius 1 is 1.36 bits per heavy atom. The molecule has 0 unspecified atom stereocenters. The molecular formula is C17H23ClN2O4S. The molecule has 25 heavy (non-hydrogen) atoms. The van der Waals surface area contributed by atoms with Gasteiger partial charge < -0.3 is 9.64 Å². The summed E-state index contributed by atoms with van der Waals surface area (Å²) in [5.74, 6) is 0.192. The first kappa shape index (κ1) is 18.3. The predicted molar refractivity (Wildman–Crippen MR) is 97.7 cm³/mol. The van der Waals surface area contributed by atoms with Crippen LogP contribution in [0.4, 0.5) is 5.69 Å². The summed E-state index contributed by atoms with van der Waals surface area (Å²) in [5, 5.41) is 0.415. The van der Waals surface area contributed by atoms with Crippen molar-refractivity contribution < 1.29 is 17.9 Å². The van der Waals surface area contributed by atoms with Crippen LogP contribution in [0.3, 0.4) is 0 Å². The van der Waals surface area contributed by atoms with Gasteiger partial charge in [-0.2, -0.15) is 0 Å². The Morgan fingerprint density at radius 2 is 2.08 bits per heavy atom. The quantitative estimate of drug-likeness (QED) is 0.783. The second-order valence-corrected chi connectivity index (χ2v) is 9.88. The van der Waals surface area contributed by atoms with E-state index < -0.39 is 16.1 Å². The monoisotopic (exact) mass is 386 g/mol. The number of carbonyl (C=O) groups excluding carboxylic acids is 1. The number of fused-ring (bicyclic) bond motifs is 1. The second-order valence-electron chi connectivity index (χ2n) is 7.54. The summed E-state index contributed by atoms with van der Waals surface area (Å²) in [6.07, 6.45) is 2.28. The van der Waals surface area contributed by atoms with Crippen molar-refractivity contribution in [3.05, 3.63) is 23.2 Å². The molecule has 138 valence electrons. The van der Waals surface area contributed by atoms with Gasteiger partial charge in [-0.1, -0.05) is 25.4 Å². The van der Waals surface area contributed by atoms with Crippen LogP contribution in [0.15, 0.2) is 18.2 Å². The molecule has 3 rings (SSSR count). The van der Waals surface area contributed by atoms with E-state index in [2.05, 4.69) is 13.8 Å². The van der Waals surface area contributed by atoms with Crippen molar-refractivity contribution in [2.75, 3.05) is 30.2 Å². The zero-order chi connectivity index (χ0) is 18.4. The minimum absolute atomic E-state index is 0.0397. The maximum Gasteiger partial charge on any atom is 0.265 e. The lowest BCUT2D eigenvalue weighted by Gasteiger charge is -2.41. The summed E-state index contributed by atoms with van der Waals surface area (Å²) < 4.78 is 31.5. The van der Waals surface area contributed by atoms with Gasteiger partial charge >= 0.3 is 0 Å². The van der Waals surface area contributed by atoms with Gasteiger partial charge in [0.05, 0.1) is 18.5 Å². The van der Waals surface area contributed by atoms with Crippen LogP contribution in [-0.2, 0) is 14.8 Å². The van der Waals surface area contributed by atoms with E-state index in [9.17, 15) is 13.2 Å². The van der Waals surface area contributed by atoms with Gasteiger partial charge in [-0.3, -0.25) is 9.10 Å². The standard InChI is InChI=1S/C17H23ClN2O4S/c1-17(2)7-4-8-19(11-17)16(21)15-10-20(25(3,22)23)13-9-12(18)5-6-14(13)24-15/h5-6,9,15H,4,7-8,10-11H2,1-3H3/t15-/m0/s1. The molecule has 0 aliphatic carbocycles. The summed E-state index contributed by atoms with van der Waals surface area (Å²) >= 11 is 5.99. The van der Waals surface area contributed by atoms with Crippen LogP contribution in [-0.4, -0.2) is 51.2 Å². The number of ether oxygens (including phenoxy) is 1. The third kappa shape index (κ3) is 3.87. The number of amides is 1. The summed E-state index contributed by atoms with van der Waals surface area (Å²) in [4.78, 5) is 14.7. The van der Waals surface area contributed by atoms with Crippen LogP contribution in [0, 0.1) is 5.41 Å². The molecule has 1 amide bonds. The van der Waals surface area contributed by atoms with Crippen LogP contribution < -0.4 is 9.04 Å². The molecule has 1 saturated heterocycles. The van der Waals surface area contributed by atoms with E-state index in [4.69, 9.17) is 16.3 Å². The van der Waals surface area contributed by atoms with Gasteiger partial charge in [-0.25, -0.2) is 8.42 Å². The largest absolute Gasteiger partial charge is 0.476 e. The Balaban J connectivity index is 1.89. The number of hydrogen-bond acceptors (Lipinski definition) is 4. The predicted octanol–water partition coefficient (Wildman–Crippen LogP) is 2.52. The van der Waals surface area contributed by atoms with Gasteiger partial charge in [0.1, 0.15) is 5.75 Å². The van der Waals surface area contributed by atoms with Crippen molar-refractivity contribution in [3.8, 4) is 5.75 Å².